The van der Waals surface area contributed by atoms with Crippen LogP contribution >= 0.6 is 0 Å². The lowest BCUT2D eigenvalue weighted by Crippen LogP contribution is -2.59. The molecule has 1 aromatic rings. The minimum atomic E-state index is -0.252. The first-order valence-electron chi connectivity index (χ1n) is 6.80. The van der Waals surface area contributed by atoms with Crippen LogP contribution in [-0.2, 0) is 14.3 Å². The molecule has 0 N–H and O–H groups in total. The normalized spacial score (nSPS) is 35.1. The summed E-state index contributed by atoms with van der Waals surface area (Å²) in [4.78, 5) is 24.2. The van der Waals surface area contributed by atoms with E-state index in [2.05, 4.69) is 0 Å². The fraction of sp³-hybridized carbons (Fsp3) is 0.375. The van der Waals surface area contributed by atoms with Crippen LogP contribution in [0.2, 0.25) is 0 Å². The molecule has 4 atom stereocenters. The highest BCUT2D eigenvalue weighted by molar-refractivity contribution is 5.99. The van der Waals surface area contributed by atoms with E-state index >= 15 is 0 Å². The minimum absolute atomic E-state index is 0.0347. The summed E-state index contributed by atoms with van der Waals surface area (Å²) in [5.74, 6) is -0.381. The van der Waals surface area contributed by atoms with Gasteiger partial charge in [0.05, 0.1) is 14.2 Å². The summed E-state index contributed by atoms with van der Waals surface area (Å²) in [6.07, 6.45) is 4.05. The molecule has 2 aliphatic heterocycles. The van der Waals surface area contributed by atoms with E-state index in [9.17, 15) is 9.59 Å². The molecule has 1 fully saturated rings. The fourth-order valence-corrected chi connectivity index (χ4v) is 3.67. The van der Waals surface area contributed by atoms with Gasteiger partial charge in [0.25, 0.3) is 0 Å². The van der Waals surface area contributed by atoms with Crippen molar-refractivity contribution < 1.29 is 14.3 Å². The quantitative estimate of drug-likeness (QED) is 0.608. The monoisotopic (exact) mass is 272 g/mol. The van der Waals surface area contributed by atoms with E-state index in [1.54, 1.807) is 6.08 Å². The smallest absolute Gasteiger partial charge is 0.315 e. The number of nitrogens with zero attached hydrogens (tertiary/aromatic N) is 1. The molecule has 1 saturated heterocycles. The zero-order valence-corrected chi connectivity index (χ0v) is 11.7. The number of rotatable bonds is 2. The Morgan fingerprint density at radius 3 is 2.65 bits per heavy atom. The van der Waals surface area contributed by atoms with Crippen LogP contribution in [0, 0.1) is 5.92 Å². The van der Waals surface area contributed by atoms with E-state index in [4.69, 9.17) is 4.74 Å². The van der Waals surface area contributed by atoms with E-state index < -0.39 is 0 Å². The average Bonchev–Trinajstić information content (AvgIpc) is 2.66. The molecule has 3 unspecified atom stereocenters. The number of carbonyl (C=O) groups excluding carboxylic acids is 2. The van der Waals surface area contributed by atoms with Gasteiger partial charge in [-0.25, -0.2) is 0 Å². The molecular formula is C16H18NO3+. The topological polar surface area (TPSA) is 43.4 Å². The number of ether oxygens (including phenoxy) is 1. The van der Waals surface area contributed by atoms with E-state index in [0.29, 0.717) is 10.9 Å². The number of methoxy groups -OCH3 is 1. The summed E-state index contributed by atoms with van der Waals surface area (Å²) >= 11 is 0. The molecule has 2 heterocycles. The Kier molecular flexibility index (Phi) is 2.98. The molecule has 3 rings (SSSR count). The zero-order valence-electron chi connectivity index (χ0n) is 11.7. The highest BCUT2D eigenvalue weighted by Crippen LogP contribution is 2.44. The van der Waals surface area contributed by atoms with Gasteiger partial charge in [-0.05, 0) is 24.3 Å². The maximum atomic E-state index is 12.2. The molecule has 0 amide bonds. The molecular weight excluding hydrogens is 254 g/mol. The van der Waals surface area contributed by atoms with Gasteiger partial charge in [-0.1, -0.05) is 18.2 Å². The first-order valence-corrected chi connectivity index (χ1v) is 6.80. The average molecular weight is 272 g/mol. The Morgan fingerprint density at radius 2 is 2.00 bits per heavy atom. The lowest BCUT2D eigenvalue weighted by molar-refractivity contribution is -0.145. The van der Waals surface area contributed by atoms with Gasteiger partial charge in [-0.3, -0.25) is 14.1 Å². The molecule has 1 aromatic carbocycles. The first kappa shape index (κ1) is 13.1. The van der Waals surface area contributed by atoms with Crippen LogP contribution in [0.4, 0.5) is 5.69 Å². The Balaban J connectivity index is 2.10. The maximum Gasteiger partial charge on any atom is 0.315 e. The van der Waals surface area contributed by atoms with Gasteiger partial charge < -0.3 is 4.74 Å². The number of quaternary nitrogens is 1. The summed E-state index contributed by atoms with van der Waals surface area (Å²) in [6, 6.07) is 9.70. The highest BCUT2D eigenvalue weighted by atomic mass is 16.5. The standard InChI is InChI=1S/C16H18NO3/c1-17(11-6-4-3-5-7-11)13-8-9-15(18)14(17)10-12(13)16(19)20-2/h3-9,12-14H,10H2,1-2H3/q+1/t12-,13?,14?,17?/m0/s1. The number of esters is 1. The van der Waals surface area contributed by atoms with Gasteiger partial charge in [0.1, 0.15) is 17.6 Å². The fourth-order valence-electron chi connectivity index (χ4n) is 3.67. The van der Waals surface area contributed by atoms with Gasteiger partial charge in [-0.2, -0.15) is 0 Å². The third-order valence-electron chi connectivity index (χ3n) is 4.76. The van der Waals surface area contributed by atoms with Crippen molar-refractivity contribution in [3.05, 3.63) is 42.5 Å². The van der Waals surface area contributed by atoms with Crippen LogP contribution in [0.3, 0.4) is 0 Å². The number of likely N-dealkylation sites (N-methyl/N-ethyl adjacent to an activating group) is 1. The highest BCUT2D eigenvalue weighted by Gasteiger charge is 2.59. The van der Waals surface area contributed by atoms with Crippen LogP contribution in [0.5, 0.6) is 0 Å². The number of hydrogen-bond acceptors (Lipinski definition) is 3. The third-order valence-corrected chi connectivity index (χ3v) is 4.76. The Hall–Kier alpha value is -1.94. The molecule has 4 heteroatoms. The second-order valence-electron chi connectivity index (χ2n) is 5.62. The van der Waals surface area contributed by atoms with Crippen molar-refractivity contribution in [2.45, 2.75) is 18.5 Å². The Morgan fingerprint density at radius 1 is 1.30 bits per heavy atom. The molecule has 2 aliphatic rings. The lowest BCUT2D eigenvalue weighted by Gasteiger charge is -2.41. The molecule has 2 bridgehead atoms. The van der Waals surface area contributed by atoms with Crippen molar-refractivity contribution in [1.82, 2.24) is 4.48 Å². The second-order valence-corrected chi connectivity index (χ2v) is 5.62. The van der Waals surface area contributed by atoms with Crippen LogP contribution in [0.1, 0.15) is 6.42 Å². The second kappa shape index (κ2) is 4.56. The number of ketones is 1. The molecule has 0 aromatic heterocycles. The maximum absolute atomic E-state index is 12.2. The molecule has 0 saturated carbocycles. The van der Waals surface area contributed by atoms with Gasteiger partial charge in [0, 0.05) is 6.42 Å². The number of fused-ring (bicyclic) bond motifs is 2. The minimum Gasteiger partial charge on any atom is -0.469 e. The van der Waals surface area contributed by atoms with Crippen molar-refractivity contribution in [3.8, 4) is 0 Å². The number of hydrogen-bond donors (Lipinski definition) is 0. The van der Waals surface area contributed by atoms with Gasteiger partial charge in [0.15, 0.2) is 6.04 Å². The van der Waals surface area contributed by atoms with Gasteiger partial charge in [-0.15, -0.1) is 0 Å². The van der Waals surface area contributed by atoms with Crippen LogP contribution in [0.15, 0.2) is 42.5 Å². The predicted octanol–water partition coefficient (Wildman–Crippen LogP) is 1.69. The van der Waals surface area contributed by atoms with Gasteiger partial charge >= 0.3 is 5.97 Å². The van der Waals surface area contributed by atoms with Crippen molar-refractivity contribution in [3.63, 3.8) is 0 Å². The van der Waals surface area contributed by atoms with Crippen LogP contribution in [-0.4, -0.2) is 38.0 Å². The third kappa shape index (κ3) is 1.64. The van der Waals surface area contributed by atoms with Crippen molar-refractivity contribution in [1.29, 1.82) is 0 Å². The van der Waals surface area contributed by atoms with E-state index in [1.807, 2.05) is 43.5 Å². The number of para-hydroxylation sites is 1. The number of carbonyl (C=O) groups is 2. The lowest BCUT2D eigenvalue weighted by atomic mass is 9.99. The van der Waals surface area contributed by atoms with E-state index in [-0.39, 0.29) is 29.8 Å². The number of benzene rings is 1. The molecule has 20 heavy (non-hydrogen) atoms. The van der Waals surface area contributed by atoms with Crippen LogP contribution in [0.25, 0.3) is 0 Å². The van der Waals surface area contributed by atoms with Crippen molar-refractivity contribution >= 4 is 17.4 Å². The summed E-state index contributed by atoms with van der Waals surface area (Å²) in [5, 5.41) is 0. The van der Waals surface area contributed by atoms with Crippen molar-refractivity contribution in [2.75, 3.05) is 14.2 Å². The Bertz CT molecular complexity index is 581. The molecule has 0 spiro atoms. The van der Waals surface area contributed by atoms with E-state index in [0.717, 1.165) is 5.69 Å². The SMILES string of the molecule is COC(=O)[C@H]1CC2C(=O)C=CC1[N+]2(C)c1ccccc1. The molecule has 4 nitrogen and oxygen atoms in total. The first-order chi connectivity index (χ1) is 9.59. The molecule has 0 radical (unpaired) electrons. The summed E-state index contributed by atoms with van der Waals surface area (Å²) in [5.41, 5.74) is 1.06. The van der Waals surface area contributed by atoms with Crippen LogP contribution < -0.4 is 4.48 Å². The summed E-state index contributed by atoms with van der Waals surface area (Å²) in [7, 11) is 3.44. The van der Waals surface area contributed by atoms with Crippen molar-refractivity contribution in [2.24, 2.45) is 5.92 Å². The predicted molar refractivity (Wildman–Crippen MR) is 76.0 cm³/mol. The zero-order chi connectivity index (χ0) is 14.3. The summed E-state index contributed by atoms with van der Waals surface area (Å²) < 4.78 is 5.38. The Labute approximate surface area is 118 Å². The van der Waals surface area contributed by atoms with Gasteiger partial charge in [0.2, 0.25) is 5.78 Å². The largest absolute Gasteiger partial charge is 0.469 e. The molecule has 104 valence electrons. The molecule has 0 aliphatic carbocycles. The van der Waals surface area contributed by atoms with E-state index in [1.165, 1.54) is 7.11 Å². The summed E-state index contributed by atoms with van der Waals surface area (Å²) in [6.45, 7) is 0.